The zero-order valence-corrected chi connectivity index (χ0v) is 31.5. The molecular formula is C39H72O8P-. The van der Waals surface area contributed by atoms with Gasteiger partial charge >= 0.3 is 11.9 Å². The summed E-state index contributed by atoms with van der Waals surface area (Å²) >= 11 is 0. The van der Waals surface area contributed by atoms with Gasteiger partial charge < -0.3 is 23.4 Å². The number of phosphoric ester groups is 1. The Morgan fingerprint density at radius 2 is 1.06 bits per heavy atom. The Morgan fingerprint density at radius 3 is 1.58 bits per heavy atom. The largest absolute Gasteiger partial charge is 0.756 e. The maximum atomic E-state index is 12.8. The Kier molecular flexibility index (Phi) is 27.8. The summed E-state index contributed by atoms with van der Waals surface area (Å²) < 4.78 is 72.6. The van der Waals surface area contributed by atoms with E-state index in [9.17, 15) is 19.0 Å². The Morgan fingerprint density at radius 1 is 0.625 bits per heavy atom. The molecule has 0 spiro atoms. The summed E-state index contributed by atoms with van der Waals surface area (Å²) in [5.74, 6) is -2.24. The van der Waals surface area contributed by atoms with Crippen LogP contribution in [0, 0.1) is 0 Å². The molecule has 8 nitrogen and oxygen atoms in total. The smallest absolute Gasteiger partial charge is 0.306 e. The van der Waals surface area contributed by atoms with Crippen LogP contribution in [0.2, 0.25) is 0 Å². The molecule has 282 valence electrons. The van der Waals surface area contributed by atoms with Crippen LogP contribution in [0.15, 0.2) is 24.3 Å². The predicted molar refractivity (Wildman–Crippen MR) is 196 cm³/mol. The van der Waals surface area contributed by atoms with Crippen LogP contribution in [0.1, 0.15) is 195 Å². The van der Waals surface area contributed by atoms with Crippen LogP contribution in [-0.2, 0) is 32.7 Å². The molecule has 0 heterocycles. The van der Waals surface area contributed by atoms with Gasteiger partial charge in [0.25, 0.3) is 7.82 Å². The minimum absolute atomic E-state index is 0.212. The number of hydrogen-bond donors (Lipinski definition) is 0. The van der Waals surface area contributed by atoms with Crippen LogP contribution in [0.4, 0.5) is 0 Å². The molecule has 0 aromatic rings. The van der Waals surface area contributed by atoms with Crippen LogP contribution >= 0.6 is 7.82 Å². The van der Waals surface area contributed by atoms with E-state index >= 15 is 0 Å². The Hall–Kier alpha value is -1.47. The molecule has 0 saturated carbocycles. The molecule has 0 N–H and O–H groups in total. The molecule has 0 radical (unpaired) electrons. The zero-order valence-electron chi connectivity index (χ0n) is 35.6. The van der Waals surface area contributed by atoms with E-state index < -0.39 is 45.6 Å². The normalized spacial score (nSPS) is 16.5. The van der Waals surface area contributed by atoms with Crippen molar-refractivity contribution >= 4 is 19.8 Å². The molecule has 9 heteroatoms. The lowest BCUT2D eigenvalue weighted by molar-refractivity contribution is -0.228. The van der Waals surface area contributed by atoms with Gasteiger partial charge in [-0.15, -0.1) is 0 Å². The van der Waals surface area contributed by atoms with Crippen molar-refractivity contribution in [1.82, 2.24) is 0 Å². The molecule has 0 aromatic heterocycles. The number of hydrogen-bond acceptors (Lipinski definition) is 8. The van der Waals surface area contributed by atoms with Gasteiger partial charge in [0.05, 0.1) is 20.0 Å². The molecule has 0 rings (SSSR count). The number of ether oxygens (including phenoxy) is 2. The van der Waals surface area contributed by atoms with Crippen molar-refractivity contribution in [2.45, 2.75) is 194 Å². The molecule has 0 fully saturated rings. The van der Waals surface area contributed by atoms with Crippen LogP contribution in [-0.4, -0.2) is 37.7 Å². The fourth-order valence-corrected chi connectivity index (χ4v) is 5.60. The van der Waals surface area contributed by atoms with Gasteiger partial charge in [0.15, 0.2) is 6.08 Å². The molecule has 2 atom stereocenters. The summed E-state index contributed by atoms with van der Waals surface area (Å²) in [7, 11) is -5.41. The van der Waals surface area contributed by atoms with Crippen LogP contribution in [0.3, 0.4) is 0 Å². The first-order valence-electron chi connectivity index (χ1n) is 21.6. The number of carbonyl (C=O) groups excluding carboxylic acids is 2. The van der Waals surface area contributed by atoms with Gasteiger partial charge in [-0.3, -0.25) is 14.2 Å². The van der Waals surface area contributed by atoms with Crippen LogP contribution in [0.5, 0.6) is 0 Å². The highest BCUT2D eigenvalue weighted by molar-refractivity contribution is 7.45. The standard InChI is InChI=1S/C39H73O8P/c1-4-7-9-11-13-15-17-19-20-22-24-26-28-30-32-34-39(41)47-37(36-46-48(42,43)45-6-3)35-44-38(40)33-31-29-27-25-23-21-18-16-14-12-10-8-5-2/h13,15,19-20,37H,4-12,14,16-18,21-36H2,1-3H3,(H,42,43)/p-1/b15-13-,20-19-/i35D2,36D2,37D. The van der Waals surface area contributed by atoms with E-state index in [4.69, 9.17) is 16.3 Å². The van der Waals surface area contributed by atoms with E-state index in [1.807, 2.05) is 0 Å². The number of carbonyl (C=O) groups is 2. The van der Waals surface area contributed by atoms with E-state index in [1.165, 1.54) is 77.6 Å². The summed E-state index contributed by atoms with van der Waals surface area (Å²) in [5, 5.41) is 0. The minimum Gasteiger partial charge on any atom is -0.756 e. The van der Waals surface area contributed by atoms with Crippen molar-refractivity contribution in [3.8, 4) is 0 Å². The molecule has 0 aliphatic rings. The molecule has 0 aliphatic carbocycles. The molecule has 0 saturated heterocycles. The molecule has 0 aliphatic heterocycles. The van der Waals surface area contributed by atoms with Crippen molar-refractivity contribution in [3.63, 3.8) is 0 Å². The van der Waals surface area contributed by atoms with Crippen LogP contribution < -0.4 is 4.89 Å². The summed E-state index contributed by atoms with van der Waals surface area (Å²) in [5.41, 5.74) is 0. The summed E-state index contributed by atoms with van der Waals surface area (Å²) in [4.78, 5) is 37.6. The lowest BCUT2D eigenvalue weighted by atomic mass is 10.0. The molecule has 2 unspecified atom stereocenters. The van der Waals surface area contributed by atoms with Crippen molar-refractivity contribution in [3.05, 3.63) is 24.3 Å². The third-order valence-corrected chi connectivity index (χ3v) is 8.72. The van der Waals surface area contributed by atoms with Gasteiger partial charge in [-0.2, -0.15) is 0 Å². The zero-order chi connectivity index (χ0) is 39.9. The highest BCUT2D eigenvalue weighted by atomic mass is 31.2. The van der Waals surface area contributed by atoms with E-state index in [0.717, 1.165) is 57.8 Å². The first-order chi connectivity index (χ1) is 25.2. The second-order valence-electron chi connectivity index (χ2n) is 12.4. The van der Waals surface area contributed by atoms with E-state index in [0.29, 0.717) is 25.7 Å². The van der Waals surface area contributed by atoms with Crippen molar-refractivity contribution in [1.29, 1.82) is 0 Å². The number of unbranched alkanes of at least 4 members (excludes halogenated alkanes) is 20. The average molecular weight is 705 g/mol. The summed E-state index contributed by atoms with van der Waals surface area (Å²) in [6, 6.07) is 0. The highest BCUT2D eigenvalue weighted by Crippen LogP contribution is 2.38. The Labute approximate surface area is 301 Å². The van der Waals surface area contributed by atoms with E-state index in [1.54, 1.807) is 0 Å². The van der Waals surface area contributed by atoms with Crippen LogP contribution in [0.25, 0.3) is 0 Å². The Balaban J connectivity index is 4.89. The molecule has 0 aromatic carbocycles. The predicted octanol–water partition coefficient (Wildman–Crippen LogP) is 11.3. The van der Waals surface area contributed by atoms with Gasteiger partial charge in [0.1, 0.15) is 6.56 Å². The van der Waals surface area contributed by atoms with Gasteiger partial charge in [-0.05, 0) is 51.9 Å². The second-order valence-corrected chi connectivity index (χ2v) is 13.7. The Bertz CT molecular complexity index is 1060. The van der Waals surface area contributed by atoms with Crippen molar-refractivity contribution in [2.75, 3.05) is 19.7 Å². The first-order valence-corrected chi connectivity index (χ1v) is 20.5. The first kappa shape index (κ1) is 37.8. The third kappa shape index (κ3) is 34.4. The second kappa shape index (κ2) is 35.4. The molecule has 0 bridgehead atoms. The van der Waals surface area contributed by atoms with Gasteiger partial charge in [0, 0.05) is 12.8 Å². The maximum Gasteiger partial charge on any atom is 0.306 e. The maximum absolute atomic E-state index is 12.8. The lowest BCUT2D eigenvalue weighted by Crippen LogP contribution is -2.30. The van der Waals surface area contributed by atoms with Crippen molar-refractivity contribution in [2.24, 2.45) is 0 Å². The SMILES string of the molecule is [2H]C([2H])(OC(=O)CCCCCCCCCCCCCCC)C([2H])(OC(=O)CCCCCCC/C=C\C/C=C\CCCCC)C([2H])([2H])OP(=O)([O-])OCC. The topological polar surface area (TPSA) is 111 Å². The number of esters is 2. The average Bonchev–Trinajstić information content (AvgIpc) is 3.07. The number of rotatable bonds is 36. The fraction of sp³-hybridized carbons (Fsp3) is 0.846. The number of phosphoric acid groups is 1. The molecule has 0 amide bonds. The van der Waals surface area contributed by atoms with Gasteiger partial charge in [0.2, 0.25) is 0 Å². The summed E-state index contributed by atoms with van der Waals surface area (Å²) in [6.45, 7) is -2.16. The van der Waals surface area contributed by atoms with E-state index in [2.05, 4.69) is 47.2 Å². The quantitative estimate of drug-likeness (QED) is 0.0274. The monoisotopic (exact) mass is 705 g/mol. The fourth-order valence-electron chi connectivity index (χ4n) is 5.03. The van der Waals surface area contributed by atoms with E-state index in [-0.39, 0.29) is 12.8 Å². The van der Waals surface area contributed by atoms with Crippen molar-refractivity contribution < 1.29 is 44.4 Å². The molecule has 48 heavy (non-hydrogen) atoms. The van der Waals surface area contributed by atoms with Gasteiger partial charge in [-0.25, -0.2) is 0 Å². The highest BCUT2D eigenvalue weighted by Gasteiger charge is 2.20. The molecular weight excluding hydrogens is 627 g/mol. The summed E-state index contributed by atoms with van der Waals surface area (Å²) in [6.07, 6.45) is 29.0. The van der Waals surface area contributed by atoms with Gasteiger partial charge in [-0.1, -0.05) is 147 Å². The third-order valence-electron chi connectivity index (χ3n) is 7.83. The lowest BCUT2D eigenvalue weighted by Gasteiger charge is -2.25. The number of allylic oxidation sites excluding steroid dienone is 4. The minimum atomic E-state index is -5.41.